The summed E-state index contributed by atoms with van der Waals surface area (Å²) in [6.07, 6.45) is 2.26. The van der Waals surface area contributed by atoms with E-state index in [1.807, 2.05) is 14.0 Å². The topological polar surface area (TPSA) is 64.1 Å². The van der Waals surface area contributed by atoms with Crippen LogP contribution < -0.4 is 0 Å². The van der Waals surface area contributed by atoms with E-state index in [9.17, 15) is 14.7 Å². The molecule has 0 saturated carbocycles. The molecular formula is C15H27N3O3. The van der Waals surface area contributed by atoms with Crippen molar-refractivity contribution in [1.29, 1.82) is 0 Å². The molecule has 2 saturated heterocycles. The van der Waals surface area contributed by atoms with Crippen LogP contribution in [0.25, 0.3) is 0 Å². The molecule has 2 amide bonds. The highest BCUT2D eigenvalue weighted by molar-refractivity contribution is 5.79. The summed E-state index contributed by atoms with van der Waals surface area (Å²) < 4.78 is 0. The van der Waals surface area contributed by atoms with Gasteiger partial charge in [-0.2, -0.15) is 0 Å². The number of carbonyl (C=O) groups is 2. The summed E-state index contributed by atoms with van der Waals surface area (Å²) in [5, 5.41) is 9.40. The molecule has 2 unspecified atom stereocenters. The van der Waals surface area contributed by atoms with E-state index in [2.05, 4.69) is 11.9 Å². The second-order valence-electron chi connectivity index (χ2n) is 6.69. The van der Waals surface area contributed by atoms with Gasteiger partial charge in [-0.25, -0.2) is 4.79 Å². The van der Waals surface area contributed by atoms with E-state index >= 15 is 0 Å². The highest BCUT2D eigenvalue weighted by Gasteiger charge is 2.45. The zero-order chi connectivity index (χ0) is 15.6. The van der Waals surface area contributed by atoms with E-state index in [1.165, 1.54) is 0 Å². The molecule has 2 atom stereocenters. The summed E-state index contributed by atoms with van der Waals surface area (Å²) >= 11 is 0. The van der Waals surface area contributed by atoms with Crippen molar-refractivity contribution in [2.24, 2.45) is 11.3 Å². The van der Waals surface area contributed by atoms with Gasteiger partial charge in [0.2, 0.25) is 0 Å². The van der Waals surface area contributed by atoms with Crippen LogP contribution in [0.5, 0.6) is 0 Å². The van der Waals surface area contributed by atoms with Gasteiger partial charge >= 0.3 is 12.0 Å². The minimum absolute atomic E-state index is 0.0267. The maximum atomic E-state index is 12.5. The lowest BCUT2D eigenvalue weighted by Gasteiger charge is -2.28. The highest BCUT2D eigenvalue weighted by atomic mass is 16.4. The van der Waals surface area contributed by atoms with Crippen molar-refractivity contribution in [1.82, 2.24) is 14.7 Å². The Morgan fingerprint density at radius 3 is 2.57 bits per heavy atom. The van der Waals surface area contributed by atoms with Crippen LogP contribution in [0.2, 0.25) is 0 Å². The summed E-state index contributed by atoms with van der Waals surface area (Å²) in [4.78, 5) is 29.7. The average molecular weight is 297 g/mol. The standard InChI is InChI=1S/C15H27N3O3/c1-4-15(13(19)20)6-8-18(11-15)14(21)17(3)10-12-5-7-16(2)9-12/h12H,4-11H2,1-3H3,(H,19,20). The largest absolute Gasteiger partial charge is 0.481 e. The molecule has 1 N–H and O–H groups in total. The lowest BCUT2D eigenvalue weighted by molar-refractivity contribution is -0.148. The number of carboxylic acid groups (broad SMARTS) is 1. The average Bonchev–Trinajstić information content (AvgIpc) is 3.05. The van der Waals surface area contributed by atoms with E-state index in [-0.39, 0.29) is 6.03 Å². The third kappa shape index (κ3) is 3.31. The van der Waals surface area contributed by atoms with Gasteiger partial charge < -0.3 is 19.8 Å². The molecule has 0 bridgehead atoms. The van der Waals surface area contributed by atoms with Gasteiger partial charge in [-0.3, -0.25) is 4.79 Å². The summed E-state index contributed by atoms with van der Waals surface area (Å²) in [6.45, 7) is 5.66. The van der Waals surface area contributed by atoms with Crippen LogP contribution in [0.1, 0.15) is 26.2 Å². The van der Waals surface area contributed by atoms with Gasteiger partial charge in [-0.15, -0.1) is 0 Å². The molecule has 6 heteroatoms. The monoisotopic (exact) mass is 297 g/mol. The first-order valence-corrected chi connectivity index (χ1v) is 7.80. The van der Waals surface area contributed by atoms with Crippen molar-refractivity contribution in [3.05, 3.63) is 0 Å². The van der Waals surface area contributed by atoms with Crippen LogP contribution in [0.15, 0.2) is 0 Å². The van der Waals surface area contributed by atoms with Gasteiger partial charge in [0, 0.05) is 33.2 Å². The Balaban J connectivity index is 1.90. The minimum Gasteiger partial charge on any atom is -0.481 e. The number of hydrogen-bond acceptors (Lipinski definition) is 3. The fraction of sp³-hybridized carbons (Fsp3) is 0.867. The van der Waals surface area contributed by atoms with Crippen LogP contribution >= 0.6 is 0 Å². The van der Waals surface area contributed by atoms with Crippen molar-refractivity contribution < 1.29 is 14.7 Å². The summed E-state index contributed by atoms with van der Waals surface area (Å²) in [7, 11) is 3.93. The number of urea groups is 1. The van der Waals surface area contributed by atoms with Crippen LogP contribution in [0, 0.1) is 11.3 Å². The van der Waals surface area contributed by atoms with Gasteiger partial charge in [0.25, 0.3) is 0 Å². The Morgan fingerprint density at radius 2 is 2.10 bits per heavy atom. The first-order chi connectivity index (χ1) is 9.88. The summed E-state index contributed by atoms with van der Waals surface area (Å²) in [5.74, 6) is -0.248. The Hall–Kier alpha value is -1.30. The van der Waals surface area contributed by atoms with E-state index < -0.39 is 11.4 Å². The predicted molar refractivity (Wildman–Crippen MR) is 80.2 cm³/mol. The number of amides is 2. The predicted octanol–water partition coefficient (Wildman–Crippen LogP) is 1.18. The third-order valence-corrected chi connectivity index (χ3v) is 5.10. The van der Waals surface area contributed by atoms with E-state index in [0.29, 0.717) is 31.8 Å². The van der Waals surface area contributed by atoms with Crippen molar-refractivity contribution in [3.8, 4) is 0 Å². The maximum Gasteiger partial charge on any atom is 0.319 e. The van der Waals surface area contributed by atoms with Crippen molar-refractivity contribution in [2.45, 2.75) is 26.2 Å². The second-order valence-corrected chi connectivity index (χ2v) is 6.69. The number of carbonyl (C=O) groups excluding carboxylic acids is 1. The lowest BCUT2D eigenvalue weighted by atomic mass is 9.84. The first-order valence-electron chi connectivity index (χ1n) is 7.80. The number of nitrogens with zero attached hydrogens (tertiary/aromatic N) is 3. The zero-order valence-corrected chi connectivity index (χ0v) is 13.3. The number of rotatable bonds is 4. The summed E-state index contributed by atoms with van der Waals surface area (Å²) in [5.41, 5.74) is -0.746. The molecule has 2 rings (SSSR count). The molecule has 21 heavy (non-hydrogen) atoms. The molecule has 0 aliphatic carbocycles. The molecule has 2 heterocycles. The molecule has 2 aliphatic rings. The Kier molecular flexibility index (Phi) is 4.76. The SMILES string of the molecule is CCC1(C(=O)O)CCN(C(=O)N(C)CC2CCN(C)C2)C1. The van der Waals surface area contributed by atoms with Crippen LogP contribution in [-0.4, -0.2) is 78.6 Å². The van der Waals surface area contributed by atoms with E-state index in [4.69, 9.17) is 0 Å². The van der Waals surface area contributed by atoms with E-state index in [0.717, 1.165) is 26.1 Å². The van der Waals surface area contributed by atoms with Gasteiger partial charge in [0.05, 0.1) is 5.41 Å². The number of hydrogen-bond donors (Lipinski definition) is 1. The Bertz CT molecular complexity index is 415. The maximum absolute atomic E-state index is 12.5. The van der Waals surface area contributed by atoms with Crippen molar-refractivity contribution >= 4 is 12.0 Å². The smallest absolute Gasteiger partial charge is 0.319 e. The third-order valence-electron chi connectivity index (χ3n) is 5.10. The van der Waals surface area contributed by atoms with E-state index in [1.54, 1.807) is 9.80 Å². The van der Waals surface area contributed by atoms with Gasteiger partial charge in [-0.1, -0.05) is 6.92 Å². The quantitative estimate of drug-likeness (QED) is 0.846. The van der Waals surface area contributed by atoms with Crippen molar-refractivity contribution in [3.63, 3.8) is 0 Å². The molecule has 0 aromatic rings. The molecule has 0 aromatic carbocycles. The molecule has 0 aromatic heterocycles. The molecule has 2 aliphatic heterocycles. The fourth-order valence-corrected chi connectivity index (χ4v) is 3.53. The molecular weight excluding hydrogens is 270 g/mol. The highest BCUT2D eigenvalue weighted by Crippen LogP contribution is 2.34. The lowest BCUT2D eigenvalue weighted by Crippen LogP contribution is -2.44. The van der Waals surface area contributed by atoms with Gasteiger partial charge in [0.1, 0.15) is 0 Å². The normalized spacial score (nSPS) is 29.9. The number of carboxylic acids is 1. The first kappa shape index (κ1) is 16.1. The van der Waals surface area contributed by atoms with Gasteiger partial charge in [-0.05, 0) is 38.8 Å². The molecule has 6 nitrogen and oxygen atoms in total. The summed E-state index contributed by atoms with van der Waals surface area (Å²) in [6, 6.07) is -0.0267. The molecule has 0 radical (unpaired) electrons. The van der Waals surface area contributed by atoms with Crippen LogP contribution in [0.4, 0.5) is 4.79 Å². The molecule has 120 valence electrons. The molecule has 2 fully saturated rings. The number of aliphatic carboxylic acids is 1. The fourth-order valence-electron chi connectivity index (χ4n) is 3.53. The van der Waals surface area contributed by atoms with Crippen molar-refractivity contribution in [2.75, 3.05) is 46.8 Å². The van der Waals surface area contributed by atoms with Gasteiger partial charge in [0.15, 0.2) is 0 Å². The zero-order valence-electron chi connectivity index (χ0n) is 13.3. The Morgan fingerprint density at radius 1 is 1.38 bits per heavy atom. The second kappa shape index (κ2) is 6.22. The van der Waals surface area contributed by atoms with Crippen LogP contribution in [0.3, 0.4) is 0 Å². The van der Waals surface area contributed by atoms with Crippen LogP contribution in [-0.2, 0) is 4.79 Å². The Labute approximate surface area is 126 Å². The number of likely N-dealkylation sites (tertiary alicyclic amines) is 2. The minimum atomic E-state index is -0.777. The molecule has 0 spiro atoms.